The normalized spacial score (nSPS) is 19.4. The third-order valence-electron chi connectivity index (χ3n) is 5.55. The molecule has 2 fully saturated rings. The summed E-state index contributed by atoms with van der Waals surface area (Å²) >= 11 is 0. The number of aryl methyl sites for hydroxylation is 1. The average Bonchev–Trinajstić information content (AvgIpc) is 3.14. The van der Waals surface area contributed by atoms with Crippen molar-refractivity contribution in [3.63, 3.8) is 0 Å². The zero-order valence-electron chi connectivity index (χ0n) is 17.0. The van der Waals surface area contributed by atoms with Crippen molar-refractivity contribution >= 4 is 5.82 Å². The molecule has 2 aliphatic heterocycles. The predicted octanol–water partition coefficient (Wildman–Crippen LogP) is 1.44. The van der Waals surface area contributed by atoms with Crippen molar-refractivity contribution in [3.8, 4) is 5.82 Å². The van der Waals surface area contributed by atoms with E-state index in [4.69, 9.17) is 4.74 Å². The number of nitrogens with zero attached hydrogens (tertiary/aromatic N) is 7. The van der Waals surface area contributed by atoms with E-state index in [0.717, 1.165) is 89.5 Å². The van der Waals surface area contributed by atoms with E-state index < -0.39 is 11.9 Å². The van der Waals surface area contributed by atoms with Gasteiger partial charge in [-0.3, -0.25) is 9.80 Å². The second-order valence-corrected chi connectivity index (χ2v) is 7.60. The SMILES string of the molecule is Cc1cc(N2CCN(CCN3CCOCC3)CC2)nn1-c1cnc(C(F)(F)F)cn1. The number of ether oxygens (including phenoxy) is 1. The summed E-state index contributed by atoms with van der Waals surface area (Å²) in [6.45, 7) is 11.2. The molecule has 8 nitrogen and oxygen atoms in total. The van der Waals surface area contributed by atoms with Gasteiger partial charge in [-0.05, 0) is 6.92 Å². The van der Waals surface area contributed by atoms with Crippen molar-refractivity contribution in [2.24, 2.45) is 0 Å². The molecule has 2 aromatic rings. The zero-order chi connectivity index (χ0) is 21.1. The number of hydrogen-bond acceptors (Lipinski definition) is 7. The summed E-state index contributed by atoms with van der Waals surface area (Å²) in [5, 5.41) is 4.56. The highest BCUT2D eigenvalue weighted by Gasteiger charge is 2.33. The number of halogens is 3. The van der Waals surface area contributed by atoms with Crippen LogP contribution < -0.4 is 4.90 Å². The number of hydrogen-bond donors (Lipinski definition) is 0. The third kappa shape index (κ3) is 4.90. The van der Waals surface area contributed by atoms with Crippen LogP contribution >= 0.6 is 0 Å². The van der Waals surface area contributed by atoms with Crippen LogP contribution in [0.15, 0.2) is 18.5 Å². The molecule has 30 heavy (non-hydrogen) atoms. The molecule has 0 aromatic carbocycles. The van der Waals surface area contributed by atoms with E-state index in [9.17, 15) is 13.2 Å². The Hall–Kier alpha value is -2.24. The fourth-order valence-corrected chi connectivity index (χ4v) is 3.73. The van der Waals surface area contributed by atoms with E-state index >= 15 is 0 Å². The molecule has 0 atom stereocenters. The molecule has 11 heteroatoms. The van der Waals surface area contributed by atoms with Crippen LogP contribution in [0.25, 0.3) is 5.82 Å². The van der Waals surface area contributed by atoms with Gasteiger partial charge in [-0.2, -0.15) is 13.2 Å². The van der Waals surface area contributed by atoms with Crippen LogP contribution in [0, 0.1) is 6.92 Å². The molecule has 0 unspecified atom stereocenters. The van der Waals surface area contributed by atoms with Crippen LogP contribution in [0.1, 0.15) is 11.4 Å². The Labute approximate surface area is 173 Å². The summed E-state index contributed by atoms with van der Waals surface area (Å²) in [5.74, 6) is 1.08. The van der Waals surface area contributed by atoms with Gasteiger partial charge in [0, 0.05) is 64.1 Å². The van der Waals surface area contributed by atoms with Crippen molar-refractivity contribution in [1.29, 1.82) is 0 Å². The molecule has 2 saturated heterocycles. The first kappa shape index (κ1) is 21.0. The lowest BCUT2D eigenvalue weighted by Crippen LogP contribution is -2.49. The standard InChI is InChI=1S/C19H26F3N7O/c1-15-12-17(25-29(15)18-14-23-16(13-24-18)19(20,21)22)28-6-4-26(5-7-28)2-3-27-8-10-30-11-9-27/h12-14H,2-11H2,1H3. The molecule has 0 bridgehead atoms. The molecule has 2 aliphatic rings. The number of alkyl halides is 3. The van der Waals surface area contributed by atoms with E-state index in [1.54, 1.807) is 0 Å². The number of anilines is 1. The summed E-state index contributed by atoms with van der Waals surface area (Å²) in [5.41, 5.74) is -0.210. The maximum absolute atomic E-state index is 12.7. The Balaban J connectivity index is 1.33. The first-order valence-electron chi connectivity index (χ1n) is 10.1. The van der Waals surface area contributed by atoms with Crippen LogP contribution in [-0.2, 0) is 10.9 Å². The first-order valence-corrected chi connectivity index (χ1v) is 10.1. The van der Waals surface area contributed by atoms with E-state index in [-0.39, 0.29) is 5.82 Å². The molecule has 164 valence electrons. The van der Waals surface area contributed by atoms with Crippen molar-refractivity contribution in [1.82, 2.24) is 29.5 Å². The van der Waals surface area contributed by atoms with Gasteiger partial charge >= 0.3 is 6.18 Å². The van der Waals surface area contributed by atoms with Crippen molar-refractivity contribution < 1.29 is 17.9 Å². The van der Waals surface area contributed by atoms with Gasteiger partial charge in [0.1, 0.15) is 0 Å². The quantitative estimate of drug-likeness (QED) is 0.719. The molecular formula is C19H26F3N7O. The highest BCUT2D eigenvalue weighted by Crippen LogP contribution is 2.27. The van der Waals surface area contributed by atoms with Gasteiger partial charge in [0.25, 0.3) is 0 Å². The number of rotatable bonds is 5. The Bertz CT molecular complexity index is 826. The average molecular weight is 425 g/mol. The highest BCUT2D eigenvalue weighted by atomic mass is 19.4. The van der Waals surface area contributed by atoms with E-state index in [1.807, 2.05) is 13.0 Å². The van der Waals surface area contributed by atoms with Crippen LogP contribution in [0.3, 0.4) is 0 Å². The van der Waals surface area contributed by atoms with Gasteiger partial charge in [-0.25, -0.2) is 14.6 Å². The van der Waals surface area contributed by atoms with Crippen molar-refractivity contribution in [2.45, 2.75) is 13.1 Å². The topological polar surface area (TPSA) is 62.6 Å². The van der Waals surface area contributed by atoms with Gasteiger partial charge in [0.2, 0.25) is 0 Å². The summed E-state index contributed by atoms with van der Waals surface area (Å²) in [7, 11) is 0. The predicted molar refractivity (Wildman–Crippen MR) is 105 cm³/mol. The summed E-state index contributed by atoms with van der Waals surface area (Å²) in [4.78, 5) is 14.5. The molecule has 0 aliphatic carbocycles. The summed E-state index contributed by atoms with van der Waals surface area (Å²) in [6, 6.07) is 1.93. The summed E-state index contributed by atoms with van der Waals surface area (Å²) < 4.78 is 45.0. The van der Waals surface area contributed by atoms with Crippen molar-refractivity contribution in [3.05, 3.63) is 29.8 Å². The Morgan fingerprint density at radius 2 is 1.57 bits per heavy atom. The number of aromatic nitrogens is 4. The summed E-state index contributed by atoms with van der Waals surface area (Å²) in [6.07, 6.45) is -2.66. The number of morpholine rings is 1. The van der Waals surface area contributed by atoms with Gasteiger partial charge in [-0.15, -0.1) is 5.10 Å². The Morgan fingerprint density at radius 1 is 0.900 bits per heavy atom. The van der Waals surface area contributed by atoms with Gasteiger partial charge in [0.05, 0.1) is 25.6 Å². The van der Waals surface area contributed by atoms with Crippen LogP contribution in [0.4, 0.5) is 19.0 Å². The van der Waals surface area contributed by atoms with E-state index in [1.165, 1.54) is 4.68 Å². The minimum absolute atomic E-state index is 0.274. The molecule has 0 N–H and O–H groups in total. The second kappa shape index (κ2) is 8.86. The zero-order valence-corrected chi connectivity index (χ0v) is 17.0. The smallest absolute Gasteiger partial charge is 0.379 e. The Kier molecular flexibility index (Phi) is 6.21. The van der Waals surface area contributed by atoms with Gasteiger partial charge in [-0.1, -0.05) is 0 Å². The lowest BCUT2D eigenvalue weighted by atomic mass is 10.3. The molecule has 0 amide bonds. The van der Waals surface area contributed by atoms with E-state index in [0.29, 0.717) is 0 Å². The fourth-order valence-electron chi connectivity index (χ4n) is 3.73. The van der Waals surface area contributed by atoms with Gasteiger partial charge in [0.15, 0.2) is 17.3 Å². The van der Waals surface area contributed by atoms with Crippen LogP contribution in [0.2, 0.25) is 0 Å². The minimum atomic E-state index is -4.50. The molecule has 2 aromatic heterocycles. The third-order valence-corrected chi connectivity index (χ3v) is 5.55. The largest absolute Gasteiger partial charge is 0.434 e. The molecule has 4 rings (SSSR count). The molecule has 4 heterocycles. The lowest BCUT2D eigenvalue weighted by molar-refractivity contribution is -0.141. The minimum Gasteiger partial charge on any atom is -0.379 e. The molecule has 0 radical (unpaired) electrons. The monoisotopic (exact) mass is 425 g/mol. The lowest BCUT2D eigenvalue weighted by Gasteiger charge is -2.36. The van der Waals surface area contributed by atoms with Crippen LogP contribution in [-0.4, -0.2) is 95.1 Å². The van der Waals surface area contributed by atoms with Gasteiger partial charge < -0.3 is 9.64 Å². The van der Waals surface area contributed by atoms with Crippen molar-refractivity contribution in [2.75, 3.05) is 70.5 Å². The van der Waals surface area contributed by atoms with E-state index in [2.05, 4.69) is 29.8 Å². The fraction of sp³-hybridized carbons (Fsp3) is 0.632. The second-order valence-electron chi connectivity index (χ2n) is 7.60. The maximum atomic E-state index is 12.7. The maximum Gasteiger partial charge on any atom is 0.434 e. The highest BCUT2D eigenvalue weighted by molar-refractivity contribution is 5.42. The Morgan fingerprint density at radius 3 is 2.17 bits per heavy atom. The first-order chi connectivity index (χ1) is 14.4. The van der Waals surface area contributed by atoms with Crippen LogP contribution in [0.5, 0.6) is 0 Å². The number of piperazine rings is 1. The molecule has 0 saturated carbocycles. The molecular weight excluding hydrogens is 399 g/mol. The molecule has 0 spiro atoms.